The largest absolute Gasteiger partial charge is 0.387 e. The van der Waals surface area contributed by atoms with Crippen LogP contribution in [0.2, 0.25) is 0 Å². The van der Waals surface area contributed by atoms with Gasteiger partial charge in [-0.1, -0.05) is 54.6 Å². The van der Waals surface area contributed by atoms with Crippen molar-refractivity contribution in [2.45, 2.75) is 64.8 Å². The van der Waals surface area contributed by atoms with Gasteiger partial charge in [0.25, 0.3) is 0 Å². The van der Waals surface area contributed by atoms with E-state index in [4.69, 9.17) is 5.73 Å². The lowest BCUT2D eigenvalue weighted by molar-refractivity contribution is 0.170. The zero-order valence-corrected chi connectivity index (χ0v) is 23.5. The quantitative estimate of drug-likeness (QED) is 0.271. The van der Waals surface area contributed by atoms with Crippen LogP contribution in [0.5, 0.6) is 0 Å². The molecule has 0 fully saturated rings. The van der Waals surface area contributed by atoms with Gasteiger partial charge in [-0.3, -0.25) is 0 Å². The number of primary amides is 1. The van der Waals surface area contributed by atoms with E-state index < -0.39 is 6.10 Å². The van der Waals surface area contributed by atoms with Crippen LogP contribution in [-0.2, 0) is 25.8 Å². The van der Waals surface area contributed by atoms with E-state index in [0.717, 1.165) is 47.6 Å². The number of hydrogen-bond donors (Lipinski definition) is 3. The Balaban J connectivity index is 1.15. The number of pyridine rings is 1. The SMILES string of the molecule is Cc1ccc(C)n1-c1ccc([C@@H](O)CN[C@H](C)Cc2cccc(CN(C(N)=O)C3Cc4ccccc4C3)c2)cn1. The second-order valence-electron chi connectivity index (χ2n) is 11.0. The second-order valence-corrected chi connectivity index (χ2v) is 11.0. The number of amides is 2. The van der Waals surface area contributed by atoms with Crippen molar-refractivity contribution in [3.8, 4) is 5.82 Å². The van der Waals surface area contributed by atoms with Gasteiger partial charge in [0.1, 0.15) is 5.82 Å². The summed E-state index contributed by atoms with van der Waals surface area (Å²) in [6.07, 6.45) is 3.58. The fourth-order valence-corrected chi connectivity index (χ4v) is 5.81. The number of aromatic nitrogens is 2. The highest BCUT2D eigenvalue weighted by Gasteiger charge is 2.28. The normalized spacial score (nSPS) is 14.6. The monoisotopic (exact) mass is 537 g/mol. The number of nitrogens with zero attached hydrogens (tertiary/aromatic N) is 3. The number of rotatable bonds is 10. The lowest BCUT2D eigenvalue weighted by atomic mass is 10.0. The molecule has 0 aliphatic heterocycles. The molecule has 5 rings (SSSR count). The molecular formula is C33H39N5O2. The van der Waals surface area contributed by atoms with Crippen LogP contribution in [0.3, 0.4) is 0 Å². The summed E-state index contributed by atoms with van der Waals surface area (Å²) >= 11 is 0. The highest BCUT2D eigenvalue weighted by atomic mass is 16.3. The lowest BCUT2D eigenvalue weighted by Crippen LogP contribution is -2.43. The predicted octanol–water partition coefficient (Wildman–Crippen LogP) is 4.79. The Morgan fingerprint density at radius 2 is 1.70 bits per heavy atom. The number of nitrogens with two attached hydrogens (primary N) is 1. The Bertz CT molecular complexity index is 1420. The van der Waals surface area contributed by atoms with E-state index in [1.54, 1.807) is 11.1 Å². The number of benzene rings is 2. The van der Waals surface area contributed by atoms with E-state index in [-0.39, 0.29) is 18.1 Å². The molecule has 4 aromatic rings. The second kappa shape index (κ2) is 12.1. The van der Waals surface area contributed by atoms with Gasteiger partial charge in [-0.25, -0.2) is 9.78 Å². The highest BCUT2D eigenvalue weighted by Crippen LogP contribution is 2.27. The van der Waals surface area contributed by atoms with Gasteiger partial charge in [-0.15, -0.1) is 0 Å². The topological polar surface area (TPSA) is 96.4 Å². The van der Waals surface area contributed by atoms with Crippen LogP contribution in [-0.4, -0.2) is 44.2 Å². The van der Waals surface area contributed by atoms with Crippen molar-refractivity contribution >= 4 is 6.03 Å². The summed E-state index contributed by atoms with van der Waals surface area (Å²) in [7, 11) is 0. The maximum Gasteiger partial charge on any atom is 0.315 e. The molecule has 0 saturated carbocycles. The summed E-state index contributed by atoms with van der Waals surface area (Å²) in [6, 6.07) is 24.6. The van der Waals surface area contributed by atoms with Crippen LogP contribution in [0.15, 0.2) is 79.0 Å². The Morgan fingerprint density at radius 3 is 2.33 bits per heavy atom. The van der Waals surface area contributed by atoms with Gasteiger partial charge in [0.05, 0.1) is 6.10 Å². The molecule has 0 saturated heterocycles. The zero-order chi connectivity index (χ0) is 28.2. The smallest absolute Gasteiger partial charge is 0.315 e. The molecule has 0 radical (unpaired) electrons. The summed E-state index contributed by atoms with van der Waals surface area (Å²) < 4.78 is 2.10. The van der Waals surface area contributed by atoms with Crippen molar-refractivity contribution in [1.29, 1.82) is 0 Å². The molecule has 7 nitrogen and oxygen atoms in total. The molecule has 2 heterocycles. The third-order valence-electron chi connectivity index (χ3n) is 7.95. The molecule has 1 aliphatic rings. The fourth-order valence-electron chi connectivity index (χ4n) is 5.81. The average Bonchev–Trinajstić information content (AvgIpc) is 3.52. The average molecular weight is 538 g/mol. The zero-order valence-electron chi connectivity index (χ0n) is 23.5. The summed E-state index contributed by atoms with van der Waals surface area (Å²) in [5.74, 6) is 0.851. The Kier molecular flexibility index (Phi) is 8.33. The minimum absolute atomic E-state index is 0.0838. The number of aliphatic hydroxyl groups is 1. The number of aryl methyl sites for hydroxylation is 2. The van der Waals surface area contributed by atoms with Gasteiger partial charge < -0.3 is 25.6 Å². The molecule has 7 heteroatoms. The number of nitrogens with one attached hydrogen (secondary N) is 1. The van der Waals surface area contributed by atoms with Crippen LogP contribution in [0, 0.1) is 13.8 Å². The Hall–Kier alpha value is -3.94. The molecule has 1 aliphatic carbocycles. The summed E-state index contributed by atoms with van der Waals surface area (Å²) in [5, 5.41) is 14.2. The standard InChI is InChI=1S/C33H39N5O2/c1-22(35-20-31(39)29-13-14-32(36-19-29)38-23(2)11-12-24(38)3)15-25-7-6-8-26(16-25)21-37(33(34)40)30-17-27-9-4-5-10-28(27)18-30/h4-14,16,19,22,30-31,35,39H,15,17-18,20-21H2,1-3H3,(H2,34,40)/t22-,31+/m1/s1. The van der Waals surface area contributed by atoms with Crippen molar-refractivity contribution in [1.82, 2.24) is 19.8 Å². The van der Waals surface area contributed by atoms with Crippen LogP contribution in [0.1, 0.15) is 52.2 Å². The number of carbonyl (C=O) groups is 1. The lowest BCUT2D eigenvalue weighted by Gasteiger charge is -2.27. The maximum atomic E-state index is 12.4. The number of hydrogen-bond acceptors (Lipinski definition) is 4. The number of urea groups is 1. The van der Waals surface area contributed by atoms with E-state index in [2.05, 4.69) is 78.1 Å². The first-order chi connectivity index (χ1) is 19.3. The first-order valence-corrected chi connectivity index (χ1v) is 14.0. The van der Waals surface area contributed by atoms with E-state index in [0.29, 0.717) is 13.1 Å². The van der Waals surface area contributed by atoms with E-state index in [1.807, 2.05) is 30.3 Å². The van der Waals surface area contributed by atoms with Crippen molar-refractivity contribution in [2.75, 3.05) is 6.54 Å². The molecule has 40 heavy (non-hydrogen) atoms. The molecule has 2 atom stereocenters. The van der Waals surface area contributed by atoms with Gasteiger partial charge in [0.2, 0.25) is 0 Å². The number of carbonyl (C=O) groups excluding carboxylic acids is 1. The molecular weight excluding hydrogens is 498 g/mol. The van der Waals surface area contributed by atoms with E-state index in [1.165, 1.54) is 16.7 Å². The molecule has 0 spiro atoms. The van der Waals surface area contributed by atoms with Crippen LogP contribution < -0.4 is 11.1 Å². The molecule has 2 aromatic carbocycles. The Morgan fingerprint density at radius 1 is 1.02 bits per heavy atom. The summed E-state index contributed by atoms with van der Waals surface area (Å²) in [4.78, 5) is 18.8. The first kappa shape index (κ1) is 27.6. The van der Waals surface area contributed by atoms with Crippen molar-refractivity contribution in [3.05, 3.63) is 118 Å². The third-order valence-corrected chi connectivity index (χ3v) is 7.95. The van der Waals surface area contributed by atoms with Gasteiger partial charge in [-0.05, 0) is 80.5 Å². The molecule has 208 valence electrons. The maximum absolute atomic E-state index is 12.4. The minimum Gasteiger partial charge on any atom is -0.387 e. The molecule has 4 N–H and O–H groups in total. The predicted molar refractivity (Wildman–Crippen MR) is 158 cm³/mol. The molecule has 2 aromatic heterocycles. The summed E-state index contributed by atoms with van der Waals surface area (Å²) in [6.45, 7) is 7.15. The van der Waals surface area contributed by atoms with Crippen LogP contribution in [0.25, 0.3) is 5.82 Å². The van der Waals surface area contributed by atoms with Crippen LogP contribution in [0.4, 0.5) is 4.79 Å². The van der Waals surface area contributed by atoms with E-state index >= 15 is 0 Å². The van der Waals surface area contributed by atoms with Crippen molar-refractivity contribution in [2.24, 2.45) is 5.73 Å². The molecule has 0 unspecified atom stereocenters. The van der Waals surface area contributed by atoms with Gasteiger partial charge >= 0.3 is 6.03 Å². The minimum atomic E-state index is -0.651. The van der Waals surface area contributed by atoms with Gasteiger partial charge in [-0.2, -0.15) is 0 Å². The molecule has 2 amide bonds. The fraction of sp³-hybridized carbons (Fsp3) is 0.333. The number of aliphatic hydroxyl groups excluding tert-OH is 1. The molecule has 0 bridgehead atoms. The van der Waals surface area contributed by atoms with E-state index in [9.17, 15) is 9.90 Å². The number of fused-ring (bicyclic) bond motifs is 1. The summed E-state index contributed by atoms with van der Waals surface area (Å²) in [5.41, 5.74) is 13.7. The Labute approximate surface area is 236 Å². The first-order valence-electron chi connectivity index (χ1n) is 14.0. The van der Waals surface area contributed by atoms with Crippen LogP contribution >= 0.6 is 0 Å². The third kappa shape index (κ3) is 6.27. The van der Waals surface area contributed by atoms with Crippen molar-refractivity contribution < 1.29 is 9.90 Å². The highest BCUT2D eigenvalue weighted by molar-refractivity contribution is 5.72. The van der Waals surface area contributed by atoms with Gasteiger partial charge in [0, 0.05) is 48.3 Å². The van der Waals surface area contributed by atoms with Gasteiger partial charge in [0.15, 0.2) is 0 Å². The van der Waals surface area contributed by atoms with Crippen molar-refractivity contribution in [3.63, 3.8) is 0 Å².